The van der Waals surface area contributed by atoms with Gasteiger partial charge in [-0.25, -0.2) is 4.79 Å². The highest BCUT2D eigenvalue weighted by Crippen LogP contribution is 2.21. The van der Waals surface area contributed by atoms with Crippen LogP contribution < -0.4 is 11.2 Å². The van der Waals surface area contributed by atoms with Crippen LogP contribution in [0.3, 0.4) is 0 Å². The van der Waals surface area contributed by atoms with Gasteiger partial charge in [0.25, 0.3) is 5.56 Å². The predicted molar refractivity (Wildman–Crippen MR) is 79.9 cm³/mol. The first-order valence-corrected chi connectivity index (χ1v) is 7.47. The second kappa shape index (κ2) is 6.39. The lowest BCUT2D eigenvalue weighted by Crippen LogP contribution is -2.40. The highest BCUT2D eigenvalue weighted by molar-refractivity contribution is 5.02. The van der Waals surface area contributed by atoms with E-state index >= 15 is 0 Å². The van der Waals surface area contributed by atoms with E-state index in [0.717, 1.165) is 10.3 Å². The van der Waals surface area contributed by atoms with Crippen molar-refractivity contribution in [3.8, 4) is 0 Å². The highest BCUT2D eigenvalue weighted by atomic mass is 16.2. The molecule has 20 heavy (non-hydrogen) atoms. The van der Waals surface area contributed by atoms with Gasteiger partial charge < -0.3 is 0 Å². The van der Waals surface area contributed by atoms with Crippen molar-refractivity contribution in [2.75, 3.05) is 7.05 Å². The van der Waals surface area contributed by atoms with E-state index in [9.17, 15) is 9.59 Å². The quantitative estimate of drug-likeness (QED) is 0.782. The third kappa shape index (κ3) is 3.20. The van der Waals surface area contributed by atoms with Crippen LogP contribution in [0.1, 0.15) is 44.2 Å². The summed E-state index contributed by atoms with van der Waals surface area (Å²) in [6.45, 7) is 0.659. The Kier molecular flexibility index (Phi) is 4.81. The predicted octanol–water partition coefficient (Wildman–Crippen LogP) is 1.24. The first-order valence-electron chi connectivity index (χ1n) is 7.47. The molecule has 2 rings (SSSR count). The molecule has 5 nitrogen and oxygen atoms in total. The smallest absolute Gasteiger partial charge is 0.299 e. The zero-order chi connectivity index (χ0) is 14.7. The van der Waals surface area contributed by atoms with Crippen molar-refractivity contribution in [1.29, 1.82) is 0 Å². The molecule has 0 radical (unpaired) electrons. The minimum absolute atomic E-state index is 0.225. The summed E-state index contributed by atoms with van der Waals surface area (Å²) in [5, 5.41) is 0. The van der Waals surface area contributed by atoms with Crippen molar-refractivity contribution in [3.63, 3.8) is 0 Å². The Morgan fingerprint density at radius 2 is 1.70 bits per heavy atom. The van der Waals surface area contributed by atoms with E-state index in [1.165, 1.54) is 45.6 Å². The first kappa shape index (κ1) is 15.0. The molecule has 1 aromatic heterocycles. The third-order valence-electron chi connectivity index (χ3n) is 4.48. The van der Waals surface area contributed by atoms with Crippen LogP contribution in [-0.2, 0) is 20.6 Å². The zero-order valence-corrected chi connectivity index (χ0v) is 12.8. The maximum absolute atomic E-state index is 11.9. The van der Waals surface area contributed by atoms with Crippen LogP contribution in [0, 0.1) is 0 Å². The van der Waals surface area contributed by atoms with Crippen molar-refractivity contribution in [2.24, 2.45) is 14.1 Å². The van der Waals surface area contributed by atoms with E-state index in [2.05, 4.69) is 11.9 Å². The van der Waals surface area contributed by atoms with Crippen LogP contribution in [0.2, 0.25) is 0 Å². The number of hydrogen-bond acceptors (Lipinski definition) is 3. The topological polar surface area (TPSA) is 47.2 Å². The van der Waals surface area contributed by atoms with E-state index < -0.39 is 0 Å². The molecule has 0 aromatic carbocycles. The standard InChI is InChI=1S/C15H25N3O2/c1-16(12-8-6-4-5-7-9-12)11-13-10-14(19)18(3)15(20)17(13)2/h10,12H,4-9,11H2,1-3H3. The molecule has 1 heterocycles. The van der Waals surface area contributed by atoms with Crippen molar-refractivity contribution < 1.29 is 0 Å². The summed E-state index contributed by atoms with van der Waals surface area (Å²) in [5.41, 5.74) is 0.323. The Morgan fingerprint density at radius 3 is 2.30 bits per heavy atom. The van der Waals surface area contributed by atoms with Crippen molar-refractivity contribution in [3.05, 3.63) is 32.6 Å². The van der Waals surface area contributed by atoms with Crippen molar-refractivity contribution in [2.45, 2.75) is 51.1 Å². The molecule has 1 aliphatic rings. The van der Waals surface area contributed by atoms with Gasteiger partial charge in [0.2, 0.25) is 0 Å². The average Bonchev–Trinajstić information content (AvgIpc) is 2.71. The Hall–Kier alpha value is -1.36. The van der Waals surface area contributed by atoms with Crippen molar-refractivity contribution >= 4 is 0 Å². The van der Waals surface area contributed by atoms with Crippen LogP contribution in [0.4, 0.5) is 0 Å². The molecular weight excluding hydrogens is 254 g/mol. The number of rotatable bonds is 3. The van der Waals surface area contributed by atoms with Gasteiger partial charge in [-0.15, -0.1) is 0 Å². The second-order valence-corrected chi connectivity index (χ2v) is 5.94. The molecule has 112 valence electrons. The number of aromatic nitrogens is 2. The molecule has 0 N–H and O–H groups in total. The summed E-state index contributed by atoms with van der Waals surface area (Å²) in [5.74, 6) is 0. The molecule has 1 aliphatic carbocycles. The Labute approximate surface area is 119 Å². The summed E-state index contributed by atoms with van der Waals surface area (Å²) in [6, 6.07) is 2.14. The summed E-state index contributed by atoms with van der Waals surface area (Å²) in [4.78, 5) is 26.0. The van der Waals surface area contributed by atoms with E-state index in [1.54, 1.807) is 17.7 Å². The molecule has 0 amide bonds. The molecule has 0 atom stereocenters. The van der Waals surface area contributed by atoms with Gasteiger partial charge in [-0.3, -0.25) is 18.8 Å². The normalized spacial score (nSPS) is 17.4. The Bertz CT molecular complexity index is 565. The van der Waals surface area contributed by atoms with E-state index in [1.807, 2.05) is 0 Å². The van der Waals surface area contributed by atoms with Gasteiger partial charge in [-0.1, -0.05) is 25.7 Å². The van der Waals surface area contributed by atoms with Crippen LogP contribution in [0.15, 0.2) is 15.7 Å². The van der Waals surface area contributed by atoms with E-state index in [0.29, 0.717) is 12.6 Å². The lowest BCUT2D eigenvalue weighted by molar-refractivity contribution is 0.207. The van der Waals surface area contributed by atoms with Crippen molar-refractivity contribution in [1.82, 2.24) is 14.0 Å². The summed E-state index contributed by atoms with van der Waals surface area (Å²) >= 11 is 0. The van der Waals surface area contributed by atoms with E-state index in [-0.39, 0.29) is 11.2 Å². The monoisotopic (exact) mass is 279 g/mol. The second-order valence-electron chi connectivity index (χ2n) is 5.94. The third-order valence-corrected chi connectivity index (χ3v) is 4.48. The molecule has 1 saturated carbocycles. The Morgan fingerprint density at radius 1 is 1.10 bits per heavy atom. The van der Waals surface area contributed by atoms with Gasteiger partial charge in [0.05, 0.1) is 0 Å². The lowest BCUT2D eigenvalue weighted by atomic mass is 10.1. The van der Waals surface area contributed by atoms with Gasteiger partial charge in [0.15, 0.2) is 0 Å². The first-order chi connectivity index (χ1) is 9.50. The van der Waals surface area contributed by atoms with Gasteiger partial charge in [-0.2, -0.15) is 0 Å². The number of hydrogen-bond donors (Lipinski definition) is 0. The highest BCUT2D eigenvalue weighted by Gasteiger charge is 2.18. The molecule has 1 aromatic rings. The zero-order valence-electron chi connectivity index (χ0n) is 12.8. The Balaban J connectivity index is 2.17. The van der Waals surface area contributed by atoms with Gasteiger partial charge in [-0.05, 0) is 19.9 Å². The maximum atomic E-state index is 11.9. The largest absolute Gasteiger partial charge is 0.330 e. The molecule has 0 spiro atoms. The molecular formula is C15H25N3O2. The summed E-state index contributed by atoms with van der Waals surface area (Å²) in [6.07, 6.45) is 7.66. The van der Waals surface area contributed by atoms with Gasteiger partial charge in [0, 0.05) is 38.4 Å². The van der Waals surface area contributed by atoms with E-state index in [4.69, 9.17) is 0 Å². The maximum Gasteiger partial charge on any atom is 0.330 e. The molecule has 0 saturated heterocycles. The minimum atomic E-state index is -0.248. The summed E-state index contributed by atoms with van der Waals surface area (Å²) < 4.78 is 2.73. The molecule has 1 fully saturated rings. The van der Waals surface area contributed by atoms with Crippen LogP contribution >= 0.6 is 0 Å². The van der Waals surface area contributed by atoms with Gasteiger partial charge >= 0.3 is 5.69 Å². The fourth-order valence-electron chi connectivity index (χ4n) is 3.01. The fourth-order valence-corrected chi connectivity index (χ4v) is 3.01. The van der Waals surface area contributed by atoms with Gasteiger partial charge in [0.1, 0.15) is 0 Å². The van der Waals surface area contributed by atoms with Crippen LogP contribution in [0.25, 0.3) is 0 Å². The average molecular weight is 279 g/mol. The number of nitrogens with zero attached hydrogens (tertiary/aromatic N) is 3. The molecule has 0 aliphatic heterocycles. The molecule has 0 unspecified atom stereocenters. The lowest BCUT2D eigenvalue weighted by Gasteiger charge is -2.27. The molecule has 5 heteroatoms. The molecule has 0 bridgehead atoms. The summed E-state index contributed by atoms with van der Waals surface area (Å²) in [7, 11) is 5.35. The minimum Gasteiger partial charge on any atom is -0.299 e. The van der Waals surface area contributed by atoms with Crippen LogP contribution in [-0.4, -0.2) is 27.1 Å². The van der Waals surface area contributed by atoms with Crippen LogP contribution in [0.5, 0.6) is 0 Å². The SMILES string of the molecule is CN(Cc1cc(=O)n(C)c(=O)n1C)C1CCCCCC1. The fraction of sp³-hybridized carbons (Fsp3) is 0.733.